The number of nitrogens with zero attached hydrogens (tertiary/aromatic N) is 2. The summed E-state index contributed by atoms with van der Waals surface area (Å²) in [7, 11) is 0. The number of anilines is 2. The number of benzene rings is 3. The fourth-order valence-corrected chi connectivity index (χ4v) is 5.34. The number of likely N-dealkylation sites (tertiary alicyclic amines) is 1. The first-order chi connectivity index (χ1) is 16.4. The summed E-state index contributed by atoms with van der Waals surface area (Å²) in [4.78, 5) is 29.7. The second kappa shape index (κ2) is 8.93. The van der Waals surface area contributed by atoms with Crippen LogP contribution in [0.15, 0.2) is 72.8 Å². The van der Waals surface area contributed by atoms with E-state index in [1.807, 2.05) is 12.1 Å². The van der Waals surface area contributed by atoms with Gasteiger partial charge in [-0.2, -0.15) is 0 Å². The zero-order valence-corrected chi connectivity index (χ0v) is 19.7. The van der Waals surface area contributed by atoms with Crippen molar-refractivity contribution in [3.63, 3.8) is 0 Å². The van der Waals surface area contributed by atoms with Crippen LogP contribution in [0.3, 0.4) is 0 Å². The molecule has 3 aromatic carbocycles. The van der Waals surface area contributed by atoms with Crippen LogP contribution < -0.4 is 10.2 Å². The van der Waals surface area contributed by atoms with E-state index in [4.69, 9.17) is 23.2 Å². The van der Waals surface area contributed by atoms with Gasteiger partial charge in [-0.15, -0.1) is 0 Å². The molecule has 3 aromatic rings. The summed E-state index contributed by atoms with van der Waals surface area (Å²) in [5.74, 6) is -0.443. The van der Waals surface area contributed by atoms with Crippen LogP contribution in [0.1, 0.15) is 24.4 Å². The van der Waals surface area contributed by atoms with Crippen LogP contribution in [0, 0.1) is 11.2 Å². The lowest BCUT2D eigenvalue weighted by Crippen LogP contribution is -2.67. The van der Waals surface area contributed by atoms with Gasteiger partial charge in [-0.05, 0) is 66.9 Å². The van der Waals surface area contributed by atoms with Gasteiger partial charge in [0.15, 0.2) is 0 Å². The molecule has 34 heavy (non-hydrogen) atoms. The fraction of sp³-hybridized carbons (Fsp3) is 0.231. The Morgan fingerprint density at radius 3 is 2.32 bits per heavy atom. The molecular weight excluding hydrogens is 476 g/mol. The quantitative estimate of drug-likeness (QED) is 0.418. The highest BCUT2D eigenvalue weighted by atomic mass is 35.5. The summed E-state index contributed by atoms with van der Waals surface area (Å²) >= 11 is 12.1. The van der Waals surface area contributed by atoms with Gasteiger partial charge in [0.05, 0.1) is 11.5 Å². The molecule has 2 aliphatic heterocycles. The molecule has 2 aliphatic rings. The molecule has 0 aromatic heterocycles. The fourth-order valence-electron chi connectivity index (χ4n) is 5.03. The van der Waals surface area contributed by atoms with E-state index in [1.54, 1.807) is 58.3 Å². The summed E-state index contributed by atoms with van der Waals surface area (Å²) in [5.41, 5.74) is 1.42. The lowest BCUT2D eigenvalue weighted by molar-refractivity contribution is -0.144. The molecule has 174 valence electrons. The number of nitrogens with one attached hydrogen (secondary N) is 1. The van der Waals surface area contributed by atoms with Crippen LogP contribution in [0.25, 0.3) is 0 Å². The number of β-lactam (4-membered cyclic amide) rings is 1. The normalized spacial score (nSPS) is 19.1. The average molecular weight is 498 g/mol. The highest BCUT2D eigenvalue weighted by Gasteiger charge is 2.62. The molecule has 5 nitrogen and oxygen atoms in total. The Balaban J connectivity index is 1.38. The SMILES string of the molecule is O=C(Nc1cccc(Cl)c1)N1CCC2(CC1)C(=O)N(c1cccc(F)c1)C2c1ccc(Cl)cc1. The molecule has 5 rings (SSSR count). The number of hydrogen-bond acceptors (Lipinski definition) is 2. The molecule has 0 radical (unpaired) electrons. The minimum Gasteiger partial charge on any atom is -0.324 e. The van der Waals surface area contributed by atoms with Gasteiger partial charge in [-0.1, -0.05) is 47.5 Å². The van der Waals surface area contributed by atoms with E-state index in [1.165, 1.54) is 12.1 Å². The molecule has 3 amide bonds. The van der Waals surface area contributed by atoms with E-state index in [0.29, 0.717) is 47.4 Å². The summed E-state index contributed by atoms with van der Waals surface area (Å²) in [5, 5.41) is 4.01. The van der Waals surface area contributed by atoms with E-state index in [9.17, 15) is 14.0 Å². The summed E-state index contributed by atoms with van der Waals surface area (Å²) in [6.07, 6.45) is 1.02. The van der Waals surface area contributed by atoms with Crippen molar-refractivity contribution in [2.24, 2.45) is 5.41 Å². The van der Waals surface area contributed by atoms with Gasteiger partial charge >= 0.3 is 6.03 Å². The van der Waals surface area contributed by atoms with Crippen LogP contribution in [0.2, 0.25) is 10.0 Å². The highest BCUT2D eigenvalue weighted by Crippen LogP contribution is 2.57. The largest absolute Gasteiger partial charge is 0.324 e. The maximum absolute atomic E-state index is 14.0. The van der Waals surface area contributed by atoms with Crippen molar-refractivity contribution in [1.82, 2.24) is 4.90 Å². The van der Waals surface area contributed by atoms with E-state index < -0.39 is 11.2 Å². The average Bonchev–Trinajstić information content (AvgIpc) is 2.83. The number of hydrogen-bond donors (Lipinski definition) is 1. The van der Waals surface area contributed by atoms with Gasteiger partial charge in [0, 0.05) is 34.5 Å². The first-order valence-electron chi connectivity index (χ1n) is 11.0. The number of carbonyl (C=O) groups excluding carboxylic acids is 2. The molecule has 1 atom stereocenters. The van der Waals surface area contributed by atoms with Gasteiger partial charge in [-0.3, -0.25) is 4.79 Å². The molecule has 1 spiro atoms. The second-order valence-electron chi connectivity index (χ2n) is 8.69. The minimum atomic E-state index is -0.660. The van der Waals surface area contributed by atoms with Gasteiger partial charge in [0.25, 0.3) is 0 Å². The standard InChI is InChI=1S/C26H22Cl2FN3O2/c27-18-9-7-17(8-10-18)23-26(24(33)32(23)22-6-2-4-20(29)16-22)11-13-31(14-12-26)25(34)30-21-5-1-3-19(28)15-21/h1-10,15-16,23H,11-14H2,(H,30,34). The van der Waals surface area contributed by atoms with Crippen molar-refractivity contribution in [2.45, 2.75) is 18.9 Å². The third kappa shape index (κ3) is 4.01. The predicted octanol–water partition coefficient (Wildman–Crippen LogP) is 6.53. The van der Waals surface area contributed by atoms with Crippen molar-refractivity contribution in [3.05, 3.63) is 94.2 Å². The van der Waals surface area contributed by atoms with Crippen LogP contribution in [-0.4, -0.2) is 29.9 Å². The van der Waals surface area contributed by atoms with E-state index >= 15 is 0 Å². The molecule has 1 N–H and O–H groups in total. The number of halogens is 3. The molecule has 2 saturated heterocycles. The zero-order chi connectivity index (χ0) is 23.9. The molecule has 2 heterocycles. The predicted molar refractivity (Wildman–Crippen MR) is 132 cm³/mol. The Labute approximate surface area is 207 Å². The van der Waals surface area contributed by atoms with Crippen LogP contribution in [0.5, 0.6) is 0 Å². The highest BCUT2D eigenvalue weighted by molar-refractivity contribution is 6.31. The Morgan fingerprint density at radius 2 is 1.65 bits per heavy atom. The molecule has 8 heteroatoms. The minimum absolute atomic E-state index is 0.0482. The van der Waals surface area contributed by atoms with Crippen LogP contribution >= 0.6 is 23.2 Å². The van der Waals surface area contributed by atoms with Gasteiger partial charge in [0.2, 0.25) is 5.91 Å². The maximum atomic E-state index is 14.0. The molecular formula is C26H22Cl2FN3O2. The smallest absolute Gasteiger partial charge is 0.321 e. The van der Waals surface area contributed by atoms with E-state index in [0.717, 1.165) is 5.56 Å². The van der Waals surface area contributed by atoms with Gasteiger partial charge in [-0.25, -0.2) is 9.18 Å². The van der Waals surface area contributed by atoms with Crippen molar-refractivity contribution in [2.75, 3.05) is 23.3 Å². The van der Waals surface area contributed by atoms with Crippen molar-refractivity contribution < 1.29 is 14.0 Å². The molecule has 1 unspecified atom stereocenters. The van der Waals surface area contributed by atoms with Crippen LogP contribution in [0.4, 0.5) is 20.6 Å². The Morgan fingerprint density at radius 1 is 0.941 bits per heavy atom. The Kier molecular flexibility index (Phi) is 5.96. The number of rotatable bonds is 3. The van der Waals surface area contributed by atoms with Crippen LogP contribution in [-0.2, 0) is 4.79 Å². The van der Waals surface area contributed by atoms with Crippen molar-refractivity contribution in [1.29, 1.82) is 0 Å². The summed E-state index contributed by atoms with van der Waals surface area (Å²) in [6.45, 7) is 0.860. The molecule has 0 saturated carbocycles. The lowest BCUT2D eigenvalue weighted by atomic mass is 9.62. The monoisotopic (exact) mass is 497 g/mol. The van der Waals surface area contributed by atoms with Crippen molar-refractivity contribution >= 4 is 46.5 Å². The Bertz CT molecular complexity index is 1240. The van der Waals surface area contributed by atoms with Gasteiger partial charge < -0.3 is 15.1 Å². The van der Waals surface area contributed by atoms with E-state index in [2.05, 4.69) is 5.32 Å². The molecule has 2 fully saturated rings. The second-order valence-corrected chi connectivity index (χ2v) is 9.57. The zero-order valence-electron chi connectivity index (χ0n) is 18.2. The number of urea groups is 1. The Hall–Kier alpha value is -3.09. The van der Waals surface area contributed by atoms with Gasteiger partial charge in [0.1, 0.15) is 5.82 Å². The number of carbonyl (C=O) groups is 2. The van der Waals surface area contributed by atoms with Crippen molar-refractivity contribution in [3.8, 4) is 0 Å². The van der Waals surface area contributed by atoms with E-state index in [-0.39, 0.29) is 18.0 Å². The maximum Gasteiger partial charge on any atom is 0.321 e. The number of piperidine rings is 1. The number of amides is 3. The summed E-state index contributed by atoms with van der Waals surface area (Å²) in [6, 6.07) is 20.0. The molecule has 0 aliphatic carbocycles. The third-order valence-electron chi connectivity index (χ3n) is 6.72. The molecule has 0 bridgehead atoms. The first kappa shape index (κ1) is 22.7. The first-order valence-corrected chi connectivity index (χ1v) is 11.8. The topological polar surface area (TPSA) is 52.7 Å². The summed E-state index contributed by atoms with van der Waals surface area (Å²) < 4.78 is 14.0. The third-order valence-corrected chi connectivity index (χ3v) is 7.20. The lowest BCUT2D eigenvalue weighted by Gasteiger charge is -2.59.